The maximum atomic E-state index is 11.1. The van der Waals surface area contributed by atoms with Crippen molar-refractivity contribution in [1.82, 2.24) is 15.0 Å². The Balaban J connectivity index is 1.73. The first kappa shape index (κ1) is 13.7. The van der Waals surface area contributed by atoms with Crippen LogP contribution in [0.25, 0.3) is 10.7 Å². The second-order valence-electron chi connectivity index (χ2n) is 4.61. The van der Waals surface area contributed by atoms with Crippen LogP contribution in [0.5, 0.6) is 0 Å². The van der Waals surface area contributed by atoms with Crippen molar-refractivity contribution < 1.29 is 14.4 Å². The van der Waals surface area contributed by atoms with Gasteiger partial charge in [0.25, 0.3) is 0 Å². The van der Waals surface area contributed by atoms with Crippen LogP contribution in [0.3, 0.4) is 0 Å². The van der Waals surface area contributed by atoms with E-state index in [1.54, 1.807) is 0 Å². The first-order valence-corrected chi connectivity index (χ1v) is 7.84. The van der Waals surface area contributed by atoms with Crippen molar-refractivity contribution in [2.75, 3.05) is 6.54 Å². The molecule has 1 fully saturated rings. The van der Waals surface area contributed by atoms with Gasteiger partial charge in [0.1, 0.15) is 6.04 Å². The summed E-state index contributed by atoms with van der Waals surface area (Å²) in [4.78, 5) is 18.2. The Morgan fingerprint density at radius 1 is 1.65 bits per heavy atom. The van der Waals surface area contributed by atoms with Crippen LogP contribution in [-0.4, -0.2) is 38.7 Å². The summed E-state index contributed by atoms with van der Waals surface area (Å²) >= 11 is 4.91. The number of aliphatic carboxylic acids is 1. The number of hydrogen-bond acceptors (Lipinski definition) is 6. The summed E-state index contributed by atoms with van der Waals surface area (Å²) in [5, 5.41) is 15.0. The van der Waals surface area contributed by atoms with E-state index in [0.717, 1.165) is 22.3 Å². The van der Waals surface area contributed by atoms with Gasteiger partial charge < -0.3 is 9.63 Å². The zero-order chi connectivity index (χ0) is 14.1. The fraction of sp³-hybridized carbons (Fsp3) is 0.417. The maximum Gasteiger partial charge on any atom is 0.320 e. The predicted octanol–water partition coefficient (Wildman–Crippen LogP) is 2.61. The van der Waals surface area contributed by atoms with Crippen LogP contribution >= 0.6 is 27.3 Å². The fourth-order valence-electron chi connectivity index (χ4n) is 2.32. The molecule has 0 bridgehead atoms. The number of nitrogens with zero attached hydrogens (tertiary/aromatic N) is 3. The van der Waals surface area contributed by atoms with Gasteiger partial charge in [0.2, 0.25) is 11.7 Å². The molecule has 0 aliphatic carbocycles. The van der Waals surface area contributed by atoms with E-state index in [9.17, 15) is 4.79 Å². The lowest BCUT2D eigenvalue weighted by atomic mass is 10.2. The van der Waals surface area contributed by atoms with E-state index >= 15 is 0 Å². The smallest absolute Gasteiger partial charge is 0.320 e. The molecule has 106 valence electrons. The van der Waals surface area contributed by atoms with Gasteiger partial charge in [0, 0.05) is 9.85 Å². The van der Waals surface area contributed by atoms with Gasteiger partial charge in [-0.1, -0.05) is 5.16 Å². The van der Waals surface area contributed by atoms with E-state index in [1.165, 1.54) is 11.3 Å². The number of carboxylic acid groups (broad SMARTS) is 1. The lowest BCUT2D eigenvalue weighted by Gasteiger charge is -2.18. The highest BCUT2D eigenvalue weighted by Crippen LogP contribution is 2.28. The van der Waals surface area contributed by atoms with Gasteiger partial charge in [-0.25, -0.2) is 0 Å². The molecular weight excluding hydrogens is 346 g/mol. The molecule has 3 rings (SSSR count). The van der Waals surface area contributed by atoms with Crippen molar-refractivity contribution >= 4 is 33.2 Å². The Hall–Kier alpha value is -1.25. The summed E-state index contributed by atoms with van der Waals surface area (Å²) in [5.41, 5.74) is 0. The van der Waals surface area contributed by atoms with Crippen molar-refractivity contribution in [2.24, 2.45) is 0 Å². The average Bonchev–Trinajstić information content (AvgIpc) is 3.09. The van der Waals surface area contributed by atoms with Crippen molar-refractivity contribution in [3.8, 4) is 10.7 Å². The molecule has 0 radical (unpaired) electrons. The van der Waals surface area contributed by atoms with E-state index < -0.39 is 12.0 Å². The standard InChI is InChI=1S/C12H12BrN3O3S/c13-7-4-9(20-6-7)11-14-10(19-15-11)5-16-3-1-2-8(16)12(17)18/h4,6,8H,1-3,5H2,(H,17,18)/t8-/m1/s1. The zero-order valence-corrected chi connectivity index (χ0v) is 12.9. The largest absolute Gasteiger partial charge is 0.480 e. The maximum absolute atomic E-state index is 11.1. The summed E-state index contributed by atoms with van der Waals surface area (Å²) in [7, 11) is 0. The number of rotatable bonds is 4. The molecule has 1 saturated heterocycles. The van der Waals surface area contributed by atoms with Crippen LogP contribution in [-0.2, 0) is 11.3 Å². The van der Waals surface area contributed by atoms with E-state index in [0.29, 0.717) is 24.7 Å². The molecule has 1 atom stereocenters. The number of halogens is 1. The number of carboxylic acids is 1. The minimum atomic E-state index is -0.788. The van der Waals surface area contributed by atoms with Crippen molar-refractivity contribution in [1.29, 1.82) is 0 Å². The summed E-state index contributed by atoms with van der Waals surface area (Å²) in [6.45, 7) is 1.13. The van der Waals surface area contributed by atoms with Crippen LogP contribution in [0.4, 0.5) is 0 Å². The number of hydrogen-bond donors (Lipinski definition) is 1. The summed E-state index contributed by atoms with van der Waals surface area (Å²) in [6.07, 6.45) is 1.56. The molecule has 1 aliphatic heterocycles. The molecule has 3 heterocycles. The lowest BCUT2D eigenvalue weighted by Crippen LogP contribution is -2.35. The molecule has 6 nitrogen and oxygen atoms in total. The third kappa shape index (κ3) is 2.77. The summed E-state index contributed by atoms with van der Waals surface area (Å²) < 4.78 is 6.19. The molecule has 2 aromatic rings. The minimum Gasteiger partial charge on any atom is -0.480 e. The quantitative estimate of drug-likeness (QED) is 0.905. The Kier molecular flexibility index (Phi) is 3.86. The summed E-state index contributed by atoms with van der Waals surface area (Å²) in [5.74, 6) is 0.212. The zero-order valence-electron chi connectivity index (χ0n) is 10.5. The third-order valence-electron chi connectivity index (χ3n) is 3.24. The topological polar surface area (TPSA) is 79.5 Å². The van der Waals surface area contributed by atoms with Gasteiger partial charge in [-0.05, 0) is 41.4 Å². The average molecular weight is 358 g/mol. The monoisotopic (exact) mass is 357 g/mol. The van der Waals surface area contributed by atoms with Crippen LogP contribution in [0.1, 0.15) is 18.7 Å². The second kappa shape index (κ2) is 5.63. The summed E-state index contributed by atoms with van der Waals surface area (Å²) in [6, 6.07) is 1.48. The Bertz CT molecular complexity index is 627. The highest BCUT2D eigenvalue weighted by molar-refractivity contribution is 9.10. The highest BCUT2D eigenvalue weighted by Gasteiger charge is 2.31. The molecule has 2 aromatic heterocycles. The third-order valence-corrected chi connectivity index (χ3v) is 4.93. The molecular formula is C12H12BrN3O3S. The van der Waals surface area contributed by atoms with Gasteiger partial charge >= 0.3 is 5.97 Å². The van der Waals surface area contributed by atoms with Gasteiger partial charge in [-0.15, -0.1) is 11.3 Å². The molecule has 0 aromatic carbocycles. The normalized spacial score (nSPS) is 19.6. The molecule has 0 unspecified atom stereocenters. The number of aromatic nitrogens is 2. The molecule has 0 saturated carbocycles. The van der Waals surface area contributed by atoms with Crippen molar-refractivity contribution in [3.05, 3.63) is 21.8 Å². The molecule has 1 N–H and O–H groups in total. The van der Waals surface area contributed by atoms with Crippen LogP contribution in [0, 0.1) is 0 Å². The van der Waals surface area contributed by atoms with Crippen molar-refractivity contribution in [3.63, 3.8) is 0 Å². The van der Waals surface area contributed by atoms with E-state index in [-0.39, 0.29) is 0 Å². The SMILES string of the molecule is O=C(O)[C@H]1CCCN1Cc1nc(-c2cc(Br)cs2)no1. The predicted molar refractivity (Wildman–Crippen MR) is 76.4 cm³/mol. The van der Waals surface area contributed by atoms with E-state index in [4.69, 9.17) is 9.63 Å². The second-order valence-corrected chi connectivity index (χ2v) is 6.43. The van der Waals surface area contributed by atoms with Gasteiger partial charge in [-0.3, -0.25) is 9.69 Å². The van der Waals surface area contributed by atoms with E-state index in [2.05, 4.69) is 26.1 Å². The van der Waals surface area contributed by atoms with Gasteiger partial charge in [0.05, 0.1) is 11.4 Å². The number of thiophene rings is 1. The Morgan fingerprint density at radius 3 is 3.20 bits per heavy atom. The van der Waals surface area contributed by atoms with E-state index in [1.807, 2.05) is 16.3 Å². The fourth-order valence-corrected chi connectivity index (χ4v) is 3.67. The molecule has 8 heteroatoms. The van der Waals surface area contributed by atoms with Gasteiger partial charge in [-0.2, -0.15) is 4.98 Å². The first-order valence-electron chi connectivity index (χ1n) is 6.17. The molecule has 0 amide bonds. The number of likely N-dealkylation sites (tertiary alicyclic amines) is 1. The molecule has 0 spiro atoms. The minimum absolute atomic E-state index is 0.385. The Labute approximate surface area is 127 Å². The van der Waals surface area contributed by atoms with Gasteiger partial charge in [0.15, 0.2) is 0 Å². The highest BCUT2D eigenvalue weighted by atomic mass is 79.9. The first-order chi connectivity index (χ1) is 9.63. The van der Waals surface area contributed by atoms with Crippen molar-refractivity contribution in [2.45, 2.75) is 25.4 Å². The number of carbonyl (C=O) groups is 1. The van der Waals surface area contributed by atoms with Crippen LogP contribution < -0.4 is 0 Å². The van der Waals surface area contributed by atoms with Crippen LogP contribution in [0.2, 0.25) is 0 Å². The Morgan fingerprint density at radius 2 is 2.50 bits per heavy atom. The van der Waals surface area contributed by atoms with Crippen LogP contribution in [0.15, 0.2) is 20.4 Å². The lowest BCUT2D eigenvalue weighted by molar-refractivity contribution is -0.142. The molecule has 1 aliphatic rings. The molecule has 20 heavy (non-hydrogen) atoms.